The Kier molecular flexibility index (Phi) is 5.79. The maximum atomic E-state index is 11.7. The van der Waals surface area contributed by atoms with Crippen LogP contribution in [-0.4, -0.2) is 44.3 Å². The van der Waals surface area contributed by atoms with E-state index >= 15 is 0 Å². The zero-order valence-corrected chi connectivity index (χ0v) is 21.0. The largest absolute Gasteiger partial charge is 0.612 e. The number of rotatable bonds is 4. The first-order valence-electron chi connectivity index (χ1n) is 12.1. The third-order valence-corrected chi connectivity index (χ3v) is 7.85. The molecule has 3 unspecified atom stereocenters. The maximum Gasteiger partial charge on any atom is 0.162 e. The predicted octanol–water partition coefficient (Wildman–Crippen LogP) is 4.59. The summed E-state index contributed by atoms with van der Waals surface area (Å²) < 4.78 is 25.3. The zero-order valence-electron chi connectivity index (χ0n) is 20.1. The van der Waals surface area contributed by atoms with E-state index in [1.165, 1.54) is 5.69 Å². The highest BCUT2D eigenvalue weighted by Gasteiger charge is 2.24. The average Bonchev–Trinajstić information content (AvgIpc) is 3.31. The fourth-order valence-electron chi connectivity index (χ4n) is 5.37. The molecule has 0 spiro atoms. The number of fused-ring (bicyclic) bond motifs is 2. The number of hydrogen-bond donors (Lipinski definition) is 1. The van der Waals surface area contributed by atoms with Crippen molar-refractivity contribution in [3.8, 4) is 22.3 Å². The number of nitrogens with zero attached hydrogens (tertiary/aromatic N) is 4. The number of aromatic nitrogens is 3. The lowest BCUT2D eigenvalue weighted by Crippen LogP contribution is -2.55. The molecular formula is C28H27N5O2S. The summed E-state index contributed by atoms with van der Waals surface area (Å²) in [6, 6.07) is 20.6. The van der Waals surface area contributed by atoms with Crippen molar-refractivity contribution in [1.29, 1.82) is 0 Å². The average molecular weight is 498 g/mol. The smallest absolute Gasteiger partial charge is 0.162 e. The van der Waals surface area contributed by atoms with Gasteiger partial charge >= 0.3 is 0 Å². The monoisotopic (exact) mass is 497 g/mol. The summed E-state index contributed by atoms with van der Waals surface area (Å²) in [7, 11) is 0. The van der Waals surface area contributed by atoms with Gasteiger partial charge in [-0.15, -0.1) is 4.21 Å². The standard InChI is InChI=1S/C28H27N5O2S/c1-18-13-29-14-19(2)33(18)22-11-9-20(10-12-22)21-15-30-28-26(16-31-32(28)17-21)24-5-3-7-25-23(24)6-4-8-27(25)36(34)35/h3-12,15-19,29,36H,13-14H2,1-2H3. The number of hydrogen-bond acceptors (Lipinski definition) is 6. The van der Waals surface area contributed by atoms with E-state index in [4.69, 9.17) is 4.98 Å². The molecule has 1 saturated heterocycles. The van der Waals surface area contributed by atoms with Gasteiger partial charge in [0, 0.05) is 59.8 Å². The Morgan fingerprint density at radius 3 is 2.36 bits per heavy atom. The molecule has 0 saturated carbocycles. The minimum atomic E-state index is -2.68. The van der Waals surface area contributed by atoms with E-state index < -0.39 is 11.1 Å². The van der Waals surface area contributed by atoms with Crippen molar-refractivity contribution in [2.24, 2.45) is 0 Å². The molecule has 0 radical (unpaired) electrons. The van der Waals surface area contributed by atoms with Crippen LogP contribution in [0.25, 0.3) is 38.7 Å². The van der Waals surface area contributed by atoms with Crippen LogP contribution in [0.1, 0.15) is 13.8 Å². The molecule has 3 aromatic carbocycles. The van der Waals surface area contributed by atoms with Gasteiger partial charge in [0.1, 0.15) is 0 Å². The van der Waals surface area contributed by atoms with Crippen LogP contribution in [0.4, 0.5) is 5.69 Å². The Bertz CT molecular complexity index is 1590. The molecule has 1 N–H and O–H groups in total. The number of benzene rings is 3. The lowest BCUT2D eigenvalue weighted by molar-refractivity contribution is 0.432. The van der Waals surface area contributed by atoms with Crippen LogP contribution >= 0.6 is 0 Å². The van der Waals surface area contributed by atoms with Gasteiger partial charge in [-0.3, -0.25) is 0 Å². The van der Waals surface area contributed by atoms with Crippen molar-refractivity contribution < 1.29 is 8.76 Å². The summed E-state index contributed by atoms with van der Waals surface area (Å²) in [5, 5.41) is 9.63. The Morgan fingerprint density at radius 2 is 1.61 bits per heavy atom. The summed E-state index contributed by atoms with van der Waals surface area (Å²) >= 11 is -2.68. The van der Waals surface area contributed by atoms with Gasteiger partial charge < -0.3 is 14.8 Å². The van der Waals surface area contributed by atoms with Crippen LogP contribution < -0.4 is 10.2 Å². The van der Waals surface area contributed by atoms with Gasteiger partial charge in [0.2, 0.25) is 0 Å². The predicted molar refractivity (Wildman–Crippen MR) is 144 cm³/mol. The third-order valence-electron chi connectivity index (χ3n) is 7.07. The highest BCUT2D eigenvalue weighted by molar-refractivity contribution is 7.79. The fourth-order valence-corrected chi connectivity index (χ4v) is 5.97. The summed E-state index contributed by atoms with van der Waals surface area (Å²) in [5.41, 5.74) is 5.78. The number of anilines is 1. The second-order valence-corrected chi connectivity index (χ2v) is 10.4. The molecule has 0 aliphatic carbocycles. The van der Waals surface area contributed by atoms with Crippen molar-refractivity contribution in [1.82, 2.24) is 19.9 Å². The van der Waals surface area contributed by atoms with E-state index in [1.54, 1.807) is 22.8 Å². The van der Waals surface area contributed by atoms with Crippen LogP contribution in [-0.2, 0) is 15.3 Å². The first-order chi connectivity index (χ1) is 17.5. The van der Waals surface area contributed by atoms with E-state index in [0.717, 1.165) is 46.4 Å². The van der Waals surface area contributed by atoms with Gasteiger partial charge in [0.15, 0.2) is 10.5 Å². The molecule has 8 heteroatoms. The summed E-state index contributed by atoms with van der Waals surface area (Å²) in [4.78, 5) is 7.55. The third kappa shape index (κ3) is 3.87. The molecule has 7 nitrogen and oxygen atoms in total. The van der Waals surface area contributed by atoms with Crippen molar-refractivity contribution >= 4 is 33.2 Å². The molecule has 6 rings (SSSR count). The Balaban J connectivity index is 1.36. The van der Waals surface area contributed by atoms with Crippen molar-refractivity contribution in [2.45, 2.75) is 30.8 Å². The highest BCUT2D eigenvalue weighted by Crippen LogP contribution is 2.34. The van der Waals surface area contributed by atoms with Crippen molar-refractivity contribution in [3.63, 3.8) is 0 Å². The molecule has 1 fully saturated rings. The first kappa shape index (κ1) is 22.8. The van der Waals surface area contributed by atoms with Crippen LogP contribution in [0, 0.1) is 0 Å². The second-order valence-electron chi connectivity index (χ2n) is 9.41. The van der Waals surface area contributed by atoms with Crippen molar-refractivity contribution in [3.05, 3.63) is 79.3 Å². The Morgan fingerprint density at radius 1 is 0.889 bits per heavy atom. The quantitative estimate of drug-likeness (QED) is 0.289. The lowest BCUT2D eigenvalue weighted by atomic mass is 10.00. The van der Waals surface area contributed by atoms with Gasteiger partial charge in [0.05, 0.1) is 17.3 Å². The van der Waals surface area contributed by atoms with Gasteiger partial charge in [-0.2, -0.15) is 5.10 Å². The minimum absolute atomic E-state index is 0.323. The van der Waals surface area contributed by atoms with E-state index in [-0.39, 0.29) is 0 Å². The van der Waals surface area contributed by atoms with Crippen LogP contribution in [0.5, 0.6) is 0 Å². The summed E-state index contributed by atoms with van der Waals surface area (Å²) in [5.74, 6) is 0. The van der Waals surface area contributed by atoms with Gasteiger partial charge in [0.25, 0.3) is 0 Å². The van der Waals surface area contributed by atoms with Crippen molar-refractivity contribution in [2.75, 3.05) is 18.0 Å². The molecule has 0 bridgehead atoms. The Labute approximate surface area is 212 Å². The van der Waals surface area contributed by atoms with Crippen LogP contribution in [0.15, 0.2) is 84.1 Å². The fraction of sp³-hybridized carbons (Fsp3) is 0.214. The van der Waals surface area contributed by atoms with Gasteiger partial charge in [-0.05, 0) is 54.6 Å². The molecule has 36 heavy (non-hydrogen) atoms. The lowest BCUT2D eigenvalue weighted by Gasteiger charge is -2.41. The van der Waals surface area contributed by atoms with Gasteiger partial charge in [-0.25, -0.2) is 9.50 Å². The summed E-state index contributed by atoms with van der Waals surface area (Å²) in [6.07, 6.45) is 5.65. The molecule has 2 aromatic heterocycles. The molecule has 1 aliphatic rings. The van der Waals surface area contributed by atoms with E-state index in [1.807, 2.05) is 36.7 Å². The van der Waals surface area contributed by atoms with Crippen LogP contribution in [0.3, 0.4) is 0 Å². The van der Waals surface area contributed by atoms with Gasteiger partial charge in [-0.1, -0.05) is 36.4 Å². The topological polar surface area (TPSA) is 85.6 Å². The van der Waals surface area contributed by atoms with E-state index in [0.29, 0.717) is 22.4 Å². The molecule has 182 valence electrons. The number of nitrogens with one attached hydrogen (secondary N) is 1. The Hall–Kier alpha value is -3.59. The second kappa shape index (κ2) is 9.13. The molecule has 3 atom stereocenters. The zero-order chi connectivity index (χ0) is 24.8. The molecule has 1 aliphatic heterocycles. The minimum Gasteiger partial charge on any atom is -0.612 e. The molecule has 3 heterocycles. The molecule has 0 amide bonds. The maximum absolute atomic E-state index is 11.7. The summed E-state index contributed by atoms with van der Waals surface area (Å²) in [6.45, 7) is 6.48. The van der Waals surface area contributed by atoms with Crippen LogP contribution in [0.2, 0.25) is 0 Å². The molecule has 5 aromatic rings. The first-order valence-corrected chi connectivity index (χ1v) is 13.3. The number of piperazine rings is 1. The normalized spacial score (nSPS) is 19.1. The van der Waals surface area contributed by atoms with E-state index in [9.17, 15) is 8.76 Å². The SMILES string of the molecule is CC1CNCC(C)N1c1ccc(-c2cnc3c(-c4cccc5c([SH+](=O)[O-])cccc45)cnn3c2)cc1. The van der Waals surface area contributed by atoms with E-state index in [2.05, 4.69) is 53.4 Å². The molecular weight excluding hydrogens is 470 g/mol. The number of thiol groups is 1. The highest BCUT2D eigenvalue weighted by atomic mass is 32.2.